The van der Waals surface area contributed by atoms with E-state index in [4.69, 9.17) is 5.73 Å². The van der Waals surface area contributed by atoms with Crippen molar-refractivity contribution < 1.29 is 4.79 Å². The number of rotatable bonds is 5. The number of hydrogen-bond acceptors (Lipinski definition) is 3. The maximum atomic E-state index is 12.2. The van der Waals surface area contributed by atoms with E-state index in [1.807, 2.05) is 0 Å². The third kappa shape index (κ3) is 3.93. The van der Waals surface area contributed by atoms with Gasteiger partial charge in [-0.05, 0) is 58.2 Å². The molecule has 0 radical (unpaired) electrons. The molecule has 4 heteroatoms. The van der Waals surface area contributed by atoms with E-state index in [1.54, 1.807) is 0 Å². The van der Waals surface area contributed by atoms with Gasteiger partial charge in [-0.1, -0.05) is 12.8 Å². The van der Waals surface area contributed by atoms with Crippen LogP contribution in [0.5, 0.6) is 0 Å². The van der Waals surface area contributed by atoms with E-state index in [0.29, 0.717) is 18.5 Å². The summed E-state index contributed by atoms with van der Waals surface area (Å²) < 4.78 is 0. The highest BCUT2D eigenvalue weighted by Gasteiger charge is 2.32. The highest BCUT2D eigenvalue weighted by molar-refractivity contribution is 5.79. The number of piperidine rings is 1. The molecule has 3 unspecified atom stereocenters. The predicted octanol–water partition coefficient (Wildman–Crippen LogP) is 1.35. The molecular formula is C15H29N3O. The van der Waals surface area contributed by atoms with Crippen molar-refractivity contribution in [1.29, 1.82) is 0 Å². The number of amides is 1. The zero-order valence-corrected chi connectivity index (χ0v) is 12.2. The number of carbonyl (C=O) groups is 1. The van der Waals surface area contributed by atoms with E-state index in [0.717, 1.165) is 25.8 Å². The lowest BCUT2D eigenvalue weighted by Crippen LogP contribution is -2.46. The van der Waals surface area contributed by atoms with E-state index < -0.39 is 0 Å². The molecule has 3 N–H and O–H groups in total. The predicted molar refractivity (Wildman–Crippen MR) is 77.8 cm³/mol. The van der Waals surface area contributed by atoms with Crippen LogP contribution in [0.1, 0.15) is 45.4 Å². The van der Waals surface area contributed by atoms with Gasteiger partial charge in [0.2, 0.25) is 5.91 Å². The van der Waals surface area contributed by atoms with E-state index in [9.17, 15) is 4.79 Å². The van der Waals surface area contributed by atoms with Gasteiger partial charge in [0, 0.05) is 18.5 Å². The summed E-state index contributed by atoms with van der Waals surface area (Å²) in [4.78, 5) is 14.7. The van der Waals surface area contributed by atoms with Crippen LogP contribution in [0.3, 0.4) is 0 Å². The third-order valence-electron chi connectivity index (χ3n) is 4.88. The van der Waals surface area contributed by atoms with Gasteiger partial charge in [-0.2, -0.15) is 0 Å². The summed E-state index contributed by atoms with van der Waals surface area (Å²) in [7, 11) is 0. The first kappa shape index (κ1) is 14.8. The van der Waals surface area contributed by atoms with Crippen molar-refractivity contribution in [2.24, 2.45) is 17.6 Å². The Balaban J connectivity index is 1.73. The minimum absolute atomic E-state index is 0.165. The molecule has 0 aromatic rings. The summed E-state index contributed by atoms with van der Waals surface area (Å²) in [5.41, 5.74) is 5.75. The van der Waals surface area contributed by atoms with Crippen molar-refractivity contribution in [3.05, 3.63) is 0 Å². The minimum atomic E-state index is 0.165. The quantitative estimate of drug-likeness (QED) is 0.790. The van der Waals surface area contributed by atoms with Crippen LogP contribution in [0, 0.1) is 11.8 Å². The Bertz CT molecular complexity index is 289. The Morgan fingerprint density at radius 3 is 2.68 bits per heavy atom. The Morgan fingerprint density at radius 2 is 2.00 bits per heavy atom. The molecule has 1 amide bonds. The molecule has 19 heavy (non-hydrogen) atoms. The fraction of sp³-hybridized carbons (Fsp3) is 0.933. The maximum absolute atomic E-state index is 12.2. The zero-order valence-electron chi connectivity index (χ0n) is 12.2. The van der Waals surface area contributed by atoms with E-state index in [2.05, 4.69) is 17.1 Å². The van der Waals surface area contributed by atoms with Crippen molar-refractivity contribution in [1.82, 2.24) is 10.2 Å². The van der Waals surface area contributed by atoms with Gasteiger partial charge in [0.05, 0.1) is 0 Å². The van der Waals surface area contributed by atoms with Gasteiger partial charge < -0.3 is 11.1 Å². The lowest BCUT2D eigenvalue weighted by Gasteiger charge is -2.32. The summed E-state index contributed by atoms with van der Waals surface area (Å²) in [6.45, 7) is 6.03. The average molecular weight is 267 g/mol. The number of nitrogens with zero attached hydrogens (tertiary/aromatic N) is 1. The molecule has 110 valence electrons. The maximum Gasteiger partial charge on any atom is 0.223 e. The summed E-state index contributed by atoms with van der Waals surface area (Å²) in [5.74, 6) is 0.806. The average Bonchev–Trinajstić information content (AvgIpc) is 2.93. The molecule has 0 aromatic carbocycles. The lowest BCUT2D eigenvalue weighted by molar-refractivity contribution is -0.126. The number of likely N-dealkylation sites (tertiary alicyclic amines) is 1. The highest BCUT2D eigenvalue weighted by Crippen LogP contribution is 2.30. The van der Waals surface area contributed by atoms with Gasteiger partial charge in [0.25, 0.3) is 0 Å². The molecule has 1 saturated carbocycles. The first-order valence-electron chi connectivity index (χ1n) is 7.94. The SMILES string of the molecule is CC(CNC(=O)C1CCCC1CN)N1CCCCC1. The Kier molecular flexibility index (Phi) is 5.64. The van der Waals surface area contributed by atoms with E-state index in [-0.39, 0.29) is 11.8 Å². The van der Waals surface area contributed by atoms with Gasteiger partial charge >= 0.3 is 0 Å². The van der Waals surface area contributed by atoms with Crippen LogP contribution in [0.15, 0.2) is 0 Å². The first-order chi connectivity index (χ1) is 9.22. The monoisotopic (exact) mass is 267 g/mol. The standard InChI is InChI=1S/C15H29N3O/c1-12(18-8-3-2-4-9-18)11-17-15(19)14-7-5-6-13(14)10-16/h12-14H,2-11,16H2,1H3,(H,17,19). The lowest BCUT2D eigenvalue weighted by atomic mass is 9.95. The van der Waals surface area contributed by atoms with Gasteiger partial charge in [-0.25, -0.2) is 0 Å². The molecule has 4 nitrogen and oxygen atoms in total. The van der Waals surface area contributed by atoms with Gasteiger partial charge in [0.1, 0.15) is 0 Å². The van der Waals surface area contributed by atoms with Crippen molar-refractivity contribution in [3.63, 3.8) is 0 Å². The fourth-order valence-electron chi connectivity index (χ4n) is 3.53. The van der Waals surface area contributed by atoms with E-state index >= 15 is 0 Å². The van der Waals surface area contributed by atoms with Crippen LogP contribution in [-0.4, -0.2) is 43.0 Å². The molecule has 0 spiro atoms. The van der Waals surface area contributed by atoms with Crippen molar-refractivity contribution in [2.45, 2.75) is 51.5 Å². The van der Waals surface area contributed by atoms with Crippen LogP contribution < -0.4 is 11.1 Å². The summed E-state index contributed by atoms with van der Waals surface area (Å²) in [6, 6.07) is 0.460. The van der Waals surface area contributed by atoms with Gasteiger partial charge in [-0.3, -0.25) is 9.69 Å². The zero-order chi connectivity index (χ0) is 13.7. The van der Waals surface area contributed by atoms with Gasteiger partial charge in [0.15, 0.2) is 0 Å². The van der Waals surface area contributed by atoms with Crippen LogP contribution in [0.25, 0.3) is 0 Å². The van der Waals surface area contributed by atoms with Crippen molar-refractivity contribution in [3.8, 4) is 0 Å². The topological polar surface area (TPSA) is 58.4 Å². The first-order valence-corrected chi connectivity index (χ1v) is 7.94. The van der Waals surface area contributed by atoms with Crippen LogP contribution in [0.4, 0.5) is 0 Å². The second-order valence-corrected chi connectivity index (χ2v) is 6.22. The molecule has 2 fully saturated rings. The Morgan fingerprint density at radius 1 is 1.26 bits per heavy atom. The molecule has 1 saturated heterocycles. The molecule has 1 aliphatic carbocycles. The van der Waals surface area contributed by atoms with E-state index in [1.165, 1.54) is 32.4 Å². The normalized spacial score (nSPS) is 30.2. The van der Waals surface area contributed by atoms with Crippen molar-refractivity contribution in [2.75, 3.05) is 26.2 Å². The largest absolute Gasteiger partial charge is 0.354 e. The van der Waals surface area contributed by atoms with Crippen LogP contribution in [0.2, 0.25) is 0 Å². The highest BCUT2D eigenvalue weighted by atomic mass is 16.1. The smallest absolute Gasteiger partial charge is 0.223 e. The Hall–Kier alpha value is -0.610. The molecule has 0 bridgehead atoms. The number of nitrogens with one attached hydrogen (secondary N) is 1. The molecule has 1 aliphatic heterocycles. The molecule has 3 atom stereocenters. The second kappa shape index (κ2) is 7.25. The molecule has 2 aliphatic rings. The Labute approximate surface area is 117 Å². The van der Waals surface area contributed by atoms with Crippen molar-refractivity contribution >= 4 is 5.91 Å². The molecule has 1 heterocycles. The number of nitrogens with two attached hydrogens (primary N) is 1. The summed E-state index contributed by atoms with van der Waals surface area (Å²) >= 11 is 0. The molecular weight excluding hydrogens is 238 g/mol. The second-order valence-electron chi connectivity index (χ2n) is 6.22. The van der Waals surface area contributed by atoms with Crippen LogP contribution >= 0.6 is 0 Å². The van der Waals surface area contributed by atoms with Gasteiger partial charge in [-0.15, -0.1) is 0 Å². The summed E-state index contributed by atoms with van der Waals surface area (Å²) in [5, 5.41) is 3.15. The van der Waals surface area contributed by atoms with Crippen LogP contribution in [-0.2, 0) is 4.79 Å². The number of hydrogen-bond donors (Lipinski definition) is 2. The number of carbonyl (C=O) groups excluding carboxylic acids is 1. The summed E-state index contributed by atoms with van der Waals surface area (Å²) in [6.07, 6.45) is 7.26. The third-order valence-corrected chi connectivity index (χ3v) is 4.88. The fourth-order valence-corrected chi connectivity index (χ4v) is 3.53. The molecule has 2 rings (SSSR count). The minimum Gasteiger partial charge on any atom is -0.354 e. The molecule has 0 aromatic heterocycles.